The van der Waals surface area contributed by atoms with Crippen LogP contribution < -0.4 is 9.80 Å². The molecule has 3 aromatic carbocycles. The minimum atomic E-state index is -0.00197. The molecule has 0 bridgehead atoms. The Morgan fingerprint density at radius 2 is 1.71 bits per heavy atom. The average Bonchev–Trinajstić information content (AvgIpc) is 3.21. The fraction of sp³-hybridized carbons (Fsp3) is 0.130. The normalized spacial score (nSPS) is 15.6. The molecule has 5 heteroatoms. The highest BCUT2D eigenvalue weighted by Gasteiger charge is 2.34. The predicted molar refractivity (Wildman–Crippen MR) is 110 cm³/mol. The van der Waals surface area contributed by atoms with Crippen molar-refractivity contribution in [2.45, 2.75) is 13.1 Å². The first-order valence-corrected chi connectivity index (χ1v) is 9.04. The summed E-state index contributed by atoms with van der Waals surface area (Å²) in [6, 6.07) is 22.0. The second-order valence-corrected chi connectivity index (χ2v) is 7.01. The summed E-state index contributed by atoms with van der Waals surface area (Å²) in [6.45, 7) is 2.08. The van der Waals surface area contributed by atoms with Crippen LogP contribution in [0.4, 0.5) is 17.1 Å². The van der Waals surface area contributed by atoms with Crippen molar-refractivity contribution in [1.82, 2.24) is 0 Å². The summed E-state index contributed by atoms with van der Waals surface area (Å²) in [5.41, 5.74) is 5.34. The summed E-state index contributed by atoms with van der Waals surface area (Å²) in [7, 11) is 1.97. The van der Waals surface area contributed by atoms with Crippen molar-refractivity contribution in [2.24, 2.45) is 0 Å². The van der Waals surface area contributed by atoms with Crippen molar-refractivity contribution in [1.29, 1.82) is 10.5 Å². The SMILES string of the molecule is C[C@H]1N(C)c2c(C#N)cc(C#N)cc2N1c1ccc2c(c1)oc1ccccc12. The molecule has 4 aromatic rings. The van der Waals surface area contributed by atoms with E-state index in [1.165, 1.54) is 0 Å². The third kappa shape index (κ3) is 2.11. The van der Waals surface area contributed by atoms with Crippen molar-refractivity contribution in [3.63, 3.8) is 0 Å². The number of fused-ring (bicyclic) bond motifs is 4. The predicted octanol–water partition coefficient (Wildman–Crippen LogP) is 5.26. The van der Waals surface area contributed by atoms with Crippen molar-refractivity contribution >= 4 is 39.0 Å². The molecule has 1 aromatic heterocycles. The number of nitrogens with zero attached hydrogens (tertiary/aromatic N) is 4. The van der Waals surface area contributed by atoms with Gasteiger partial charge in [0.2, 0.25) is 0 Å². The van der Waals surface area contributed by atoms with E-state index in [9.17, 15) is 10.5 Å². The summed E-state index contributed by atoms with van der Waals surface area (Å²) in [6.07, 6.45) is -0.00197. The van der Waals surface area contributed by atoms with E-state index in [4.69, 9.17) is 4.42 Å². The van der Waals surface area contributed by atoms with E-state index in [2.05, 4.69) is 47.1 Å². The first-order chi connectivity index (χ1) is 13.6. The molecule has 2 heterocycles. The fourth-order valence-electron chi connectivity index (χ4n) is 4.10. The molecule has 134 valence electrons. The molecule has 0 unspecified atom stereocenters. The van der Waals surface area contributed by atoms with Crippen LogP contribution in [-0.2, 0) is 0 Å². The van der Waals surface area contributed by atoms with E-state index in [0.717, 1.165) is 39.0 Å². The third-order valence-corrected chi connectivity index (χ3v) is 5.53. The van der Waals surface area contributed by atoms with Gasteiger partial charge in [0.25, 0.3) is 0 Å². The van der Waals surface area contributed by atoms with Gasteiger partial charge in [-0.05, 0) is 37.3 Å². The smallest absolute Gasteiger partial charge is 0.137 e. The second-order valence-electron chi connectivity index (χ2n) is 7.01. The average molecular weight is 364 g/mol. The van der Waals surface area contributed by atoms with Crippen LogP contribution in [0.5, 0.6) is 0 Å². The lowest BCUT2D eigenvalue weighted by atomic mass is 10.1. The van der Waals surface area contributed by atoms with Gasteiger partial charge in [-0.15, -0.1) is 0 Å². The molecular weight excluding hydrogens is 348 g/mol. The lowest BCUT2D eigenvalue weighted by molar-refractivity contribution is 0.668. The Kier molecular flexibility index (Phi) is 3.35. The number of para-hydroxylation sites is 1. The van der Waals surface area contributed by atoms with E-state index in [0.29, 0.717) is 11.1 Å². The Morgan fingerprint density at radius 1 is 0.929 bits per heavy atom. The molecule has 0 amide bonds. The lowest BCUT2D eigenvalue weighted by Crippen LogP contribution is -2.35. The Balaban J connectivity index is 1.73. The minimum absolute atomic E-state index is 0.00197. The summed E-state index contributed by atoms with van der Waals surface area (Å²) >= 11 is 0. The third-order valence-electron chi connectivity index (χ3n) is 5.53. The lowest BCUT2D eigenvalue weighted by Gasteiger charge is -2.27. The maximum absolute atomic E-state index is 9.58. The van der Waals surface area contributed by atoms with Crippen molar-refractivity contribution in [2.75, 3.05) is 16.8 Å². The molecule has 0 N–H and O–H groups in total. The first-order valence-electron chi connectivity index (χ1n) is 9.04. The highest BCUT2D eigenvalue weighted by atomic mass is 16.3. The zero-order valence-corrected chi connectivity index (χ0v) is 15.5. The molecule has 0 saturated heterocycles. The molecule has 1 atom stereocenters. The van der Waals surface area contributed by atoms with Gasteiger partial charge in [0, 0.05) is 29.6 Å². The topological polar surface area (TPSA) is 67.2 Å². The van der Waals surface area contributed by atoms with Crippen molar-refractivity contribution < 1.29 is 4.42 Å². The second kappa shape index (κ2) is 5.77. The van der Waals surface area contributed by atoms with E-state index >= 15 is 0 Å². The standard InChI is InChI=1S/C23H16N4O/c1-14-26(2)23-16(13-25)9-15(12-24)10-20(23)27(14)17-7-8-19-18-5-3-4-6-21(18)28-22(19)11-17/h3-11,14H,1-2H3/t14-/m0/s1. The minimum Gasteiger partial charge on any atom is -0.456 e. The number of furan rings is 1. The van der Waals surface area contributed by atoms with Crippen LogP contribution in [0.15, 0.2) is 59.0 Å². The van der Waals surface area contributed by atoms with Crippen LogP contribution in [0.3, 0.4) is 0 Å². The van der Waals surface area contributed by atoms with Gasteiger partial charge >= 0.3 is 0 Å². The van der Waals surface area contributed by atoms with Crippen molar-refractivity contribution in [3.8, 4) is 12.1 Å². The molecule has 28 heavy (non-hydrogen) atoms. The Morgan fingerprint density at radius 3 is 2.50 bits per heavy atom. The maximum Gasteiger partial charge on any atom is 0.137 e. The van der Waals surface area contributed by atoms with E-state index in [-0.39, 0.29) is 6.17 Å². The molecule has 0 saturated carbocycles. The number of nitriles is 2. The highest BCUT2D eigenvalue weighted by molar-refractivity contribution is 6.06. The van der Waals surface area contributed by atoms with Crippen molar-refractivity contribution in [3.05, 3.63) is 65.7 Å². The summed E-state index contributed by atoms with van der Waals surface area (Å²) in [5, 5.41) is 21.1. The van der Waals surface area contributed by atoms with Gasteiger partial charge in [0.05, 0.1) is 28.6 Å². The van der Waals surface area contributed by atoms with Crippen LogP contribution >= 0.6 is 0 Å². The maximum atomic E-state index is 9.58. The molecule has 0 aliphatic carbocycles. The van der Waals surface area contributed by atoms with Crippen LogP contribution in [0, 0.1) is 22.7 Å². The zero-order chi connectivity index (χ0) is 19.4. The molecule has 5 nitrogen and oxygen atoms in total. The highest BCUT2D eigenvalue weighted by Crippen LogP contribution is 2.46. The van der Waals surface area contributed by atoms with Gasteiger partial charge in [-0.1, -0.05) is 18.2 Å². The first kappa shape index (κ1) is 16.2. The van der Waals surface area contributed by atoms with Gasteiger partial charge in [-0.2, -0.15) is 10.5 Å². The summed E-state index contributed by atoms with van der Waals surface area (Å²) in [5.74, 6) is 0. The molecule has 0 radical (unpaired) electrons. The van der Waals surface area contributed by atoms with Crippen LogP contribution in [0.1, 0.15) is 18.1 Å². The number of hydrogen-bond donors (Lipinski definition) is 0. The van der Waals surface area contributed by atoms with Gasteiger partial charge in [0.1, 0.15) is 23.4 Å². The summed E-state index contributed by atoms with van der Waals surface area (Å²) in [4.78, 5) is 4.21. The number of hydrogen-bond acceptors (Lipinski definition) is 5. The van der Waals surface area contributed by atoms with Gasteiger partial charge < -0.3 is 14.2 Å². The number of anilines is 3. The largest absolute Gasteiger partial charge is 0.456 e. The zero-order valence-electron chi connectivity index (χ0n) is 15.5. The molecule has 0 fully saturated rings. The molecule has 5 rings (SSSR count). The van der Waals surface area contributed by atoms with E-state index in [1.54, 1.807) is 6.07 Å². The van der Waals surface area contributed by atoms with E-state index in [1.807, 2.05) is 37.4 Å². The van der Waals surface area contributed by atoms with Gasteiger partial charge in [0.15, 0.2) is 0 Å². The van der Waals surface area contributed by atoms with Crippen LogP contribution in [0.2, 0.25) is 0 Å². The Labute approximate surface area is 162 Å². The monoisotopic (exact) mass is 364 g/mol. The molecule has 1 aliphatic heterocycles. The van der Waals surface area contributed by atoms with Crippen LogP contribution in [-0.4, -0.2) is 13.2 Å². The number of benzene rings is 3. The quantitative estimate of drug-likeness (QED) is 0.461. The summed E-state index contributed by atoms with van der Waals surface area (Å²) < 4.78 is 6.05. The fourth-order valence-corrected chi connectivity index (χ4v) is 4.10. The van der Waals surface area contributed by atoms with E-state index < -0.39 is 0 Å². The molecule has 0 spiro atoms. The number of rotatable bonds is 1. The van der Waals surface area contributed by atoms with Gasteiger partial charge in [-0.3, -0.25) is 0 Å². The Bertz CT molecular complexity index is 1340. The van der Waals surface area contributed by atoms with Gasteiger partial charge in [-0.25, -0.2) is 0 Å². The molecule has 1 aliphatic rings. The van der Waals surface area contributed by atoms with Crippen LogP contribution in [0.25, 0.3) is 21.9 Å². The Hall–Kier alpha value is -3.96. The molecular formula is C23H16N4O.